The molecule has 0 aliphatic carbocycles. The lowest BCUT2D eigenvalue weighted by Gasteiger charge is -2.32. The zero-order chi connectivity index (χ0) is 24.3. The predicted molar refractivity (Wildman–Crippen MR) is 127 cm³/mol. The maximum Gasteiger partial charge on any atom is 0.416 e. The van der Waals surface area contributed by atoms with Gasteiger partial charge in [-0.25, -0.2) is 0 Å². The van der Waals surface area contributed by atoms with Crippen LogP contribution in [0.2, 0.25) is 0 Å². The van der Waals surface area contributed by atoms with E-state index in [0.29, 0.717) is 24.2 Å². The minimum absolute atomic E-state index is 0.150. The second-order valence-corrected chi connectivity index (χ2v) is 8.95. The Morgan fingerprint density at radius 1 is 0.971 bits per heavy atom. The van der Waals surface area contributed by atoms with E-state index in [1.807, 2.05) is 49.1 Å². The minimum atomic E-state index is -4.49. The minimum Gasteiger partial charge on any atom is -0.350 e. The van der Waals surface area contributed by atoms with Crippen molar-refractivity contribution >= 4 is 11.6 Å². The van der Waals surface area contributed by atoms with E-state index in [-0.39, 0.29) is 5.69 Å². The summed E-state index contributed by atoms with van der Waals surface area (Å²) in [5.41, 5.74) is 2.35. The molecule has 0 bridgehead atoms. The molecule has 0 radical (unpaired) electrons. The third-order valence-electron chi connectivity index (χ3n) is 6.21. The molecule has 2 heterocycles. The van der Waals surface area contributed by atoms with Crippen molar-refractivity contribution in [2.45, 2.75) is 26.2 Å². The van der Waals surface area contributed by atoms with Crippen LogP contribution in [0.3, 0.4) is 0 Å². The van der Waals surface area contributed by atoms with Crippen molar-refractivity contribution in [3.05, 3.63) is 88.7 Å². The lowest BCUT2D eigenvalue weighted by atomic mass is 10.0. The number of nitrogens with zero attached hydrogens (tertiary/aromatic N) is 3. The van der Waals surface area contributed by atoms with Crippen LogP contribution in [0.5, 0.6) is 0 Å². The van der Waals surface area contributed by atoms with Gasteiger partial charge in [0.05, 0.1) is 5.56 Å². The number of halogens is 3. The molecule has 1 N–H and O–H groups in total. The first-order chi connectivity index (χ1) is 16.2. The highest BCUT2D eigenvalue weighted by atomic mass is 19.4. The zero-order valence-corrected chi connectivity index (χ0v) is 19.4. The number of carbonyl (C=O) groups excluding carboxylic acids is 1. The SMILES string of the molecule is Cc1ccc(C(=O)Nc2cc(CN3CCN(C)CC3)cc(C(F)(F)F)c2)cc1Cn1cccc1. The Morgan fingerprint density at radius 2 is 1.68 bits per heavy atom. The van der Waals surface area contributed by atoms with Gasteiger partial charge in [-0.15, -0.1) is 0 Å². The van der Waals surface area contributed by atoms with Gasteiger partial charge in [-0.3, -0.25) is 9.69 Å². The summed E-state index contributed by atoms with van der Waals surface area (Å²) in [5.74, 6) is -0.432. The van der Waals surface area contributed by atoms with E-state index >= 15 is 0 Å². The summed E-state index contributed by atoms with van der Waals surface area (Å²) in [6, 6.07) is 13.0. The average molecular weight is 471 g/mol. The molecule has 0 saturated carbocycles. The van der Waals surface area contributed by atoms with Gasteiger partial charge in [0.25, 0.3) is 5.91 Å². The molecule has 8 heteroatoms. The number of rotatable bonds is 6. The quantitative estimate of drug-likeness (QED) is 0.559. The van der Waals surface area contributed by atoms with Crippen molar-refractivity contribution in [3.63, 3.8) is 0 Å². The number of hydrogen-bond acceptors (Lipinski definition) is 3. The standard InChI is InChI=1S/C26H29F3N4O/c1-19-5-6-21(15-22(19)18-32-7-3-4-8-32)25(34)30-24-14-20(13-23(16-24)26(27,28)29)17-33-11-9-31(2)10-12-33/h3-8,13-16H,9-12,17-18H2,1-2H3,(H,30,34). The highest BCUT2D eigenvalue weighted by Crippen LogP contribution is 2.32. The first-order valence-electron chi connectivity index (χ1n) is 11.3. The van der Waals surface area contributed by atoms with Gasteiger partial charge >= 0.3 is 6.18 Å². The van der Waals surface area contributed by atoms with Crippen LogP contribution in [-0.4, -0.2) is 53.5 Å². The van der Waals surface area contributed by atoms with Gasteiger partial charge in [-0.05, 0) is 73.1 Å². The number of hydrogen-bond donors (Lipinski definition) is 1. The second kappa shape index (κ2) is 10.0. The number of nitrogens with one attached hydrogen (secondary N) is 1. The largest absolute Gasteiger partial charge is 0.416 e. The number of anilines is 1. The maximum atomic E-state index is 13.6. The Kier molecular flexibility index (Phi) is 7.09. The fourth-order valence-electron chi connectivity index (χ4n) is 4.14. The molecule has 0 unspecified atom stereocenters. The maximum absolute atomic E-state index is 13.6. The number of aromatic nitrogens is 1. The third-order valence-corrected chi connectivity index (χ3v) is 6.21. The van der Waals surface area contributed by atoms with Crippen LogP contribution in [0.15, 0.2) is 60.9 Å². The lowest BCUT2D eigenvalue weighted by Crippen LogP contribution is -2.43. The van der Waals surface area contributed by atoms with Crippen molar-refractivity contribution in [1.82, 2.24) is 14.4 Å². The number of likely N-dealkylation sites (N-methyl/N-ethyl adjacent to an activating group) is 1. The van der Waals surface area contributed by atoms with Crippen LogP contribution in [-0.2, 0) is 19.3 Å². The molecule has 3 aromatic rings. The normalized spacial score (nSPS) is 15.4. The van der Waals surface area contributed by atoms with E-state index in [1.165, 1.54) is 6.07 Å². The average Bonchev–Trinajstić information content (AvgIpc) is 3.29. The van der Waals surface area contributed by atoms with Gasteiger partial charge in [-0.1, -0.05) is 6.07 Å². The molecule has 34 heavy (non-hydrogen) atoms. The van der Waals surface area contributed by atoms with Crippen LogP contribution >= 0.6 is 0 Å². The van der Waals surface area contributed by atoms with E-state index in [9.17, 15) is 18.0 Å². The van der Waals surface area contributed by atoms with Crippen LogP contribution in [0, 0.1) is 6.92 Å². The molecule has 1 amide bonds. The predicted octanol–water partition coefficient (Wildman–Crippen LogP) is 4.86. The van der Waals surface area contributed by atoms with Crippen molar-refractivity contribution < 1.29 is 18.0 Å². The summed E-state index contributed by atoms with van der Waals surface area (Å²) in [5, 5.41) is 2.69. The molecular weight excluding hydrogens is 441 g/mol. The molecule has 1 fully saturated rings. The van der Waals surface area contributed by atoms with E-state index in [1.54, 1.807) is 18.2 Å². The first kappa shape index (κ1) is 24.0. The fourth-order valence-corrected chi connectivity index (χ4v) is 4.14. The smallest absolute Gasteiger partial charge is 0.350 e. The molecule has 5 nitrogen and oxygen atoms in total. The molecule has 1 aromatic heterocycles. The molecule has 180 valence electrons. The Bertz CT molecular complexity index is 1130. The van der Waals surface area contributed by atoms with Gasteiger partial charge in [0.2, 0.25) is 0 Å². The van der Waals surface area contributed by atoms with Gasteiger partial charge in [0.15, 0.2) is 0 Å². The summed E-state index contributed by atoms with van der Waals surface area (Å²) >= 11 is 0. The van der Waals surface area contributed by atoms with Gasteiger partial charge in [0, 0.05) is 62.9 Å². The molecule has 4 rings (SSSR count). The third kappa shape index (κ3) is 6.07. The topological polar surface area (TPSA) is 40.5 Å². The molecular formula is C26H29F3N4O. The summed E-state index contributed by atoms with van der Waals surface area (Å²) < 4.78 is 42.7. The van der Waals surface area contributed by atoms with Gasteiger partial charge in [0.1, 0.15) is 0 Å². The van der Waals surface area contributed by atoms with Crippen molar-refractivity contribution in [3.8, 4) is 0 Å². The lowest BCUT2D eigenvalue weighted by molar-refractivity contribution is -0.137. The number of benzene rings is 2. The zero-order valence-electron chi connectivity index (χ0n) is 19.4. The van der Waals surface area contributed by atoms with Gasteiger partial charge < -0.3 is 14.8 Å². The Labute approximate surface area is 197 Å². The van der Waals surface area contributed by atoms with Gasteiger partial charge in [-0.2, -0.15) is 13.2 Å². The van der Waals surface area contributed by atoms with Crippen LogP contribution in [0.1, 0.15) is 32.6 Å². The number of piperazine rings is 1. The number of amides is 1. The molecule has 1 saturated heterocycles. The second-order valence-electron chi connectivity index (χ2n) is 8.95. The molecule has 0 spiro atoms. The Morgan fingerprint density at radius 3 is 2.35 bits per heavy atom. The Hall–Kier alpha value is -3.10. The molecule has 1 aliphatic rings. The Balaban J connectivity index is 1.54. The highest BCUT2D eigenvalue weighted by Gasteiger charge is 2.31. The van der Waals surface area contributed by atoms with E-state index in [2.05, 4.69) is 15.1 Å². The first-order valence-corrected chi connectivity index (χ1v) is 11.3. The summed E-state index contributed by atoms with van der Waals surface area (Å²) in [7, 11) is 2.03. The number of carbonyl (C=O) groups is 1. The molecule has 2 aromatic carbocycles. The molecule has 1 aliphatic heterocycles. The van der Waals surface area contributed by atoms with Crippen LogP contribution in [0.25, 0.3) is 0 Å². The molecule has 0 atom stereocenters. The van der Waals surface area contributed by atoms with Crippen molar-refractivity contribution in [2.24, 2.45) is 0 Å². The van der Waals surface area contributed by atoms with Crippen LogP contribution in [0.4, 0.5) is 18.9 Å². The fraction of sp³-hybridized carbons (Fsp3) is 0.346. The van der Waals surface area contributed by atoms with E-state index in [4.69, 9.17) is 0 Å². The van der Waals surface area contributed by atoms with Crippen molar-refractivity contribution in [1.29, 1.82) is 0 Å². The van der Waals surface area contributed by atoms with E-state index in [0.717, 1.165) is 43.4 Å². The van der Waals surface area contributed by atoms with Crippen LogP contribution < -0.4 is 5.32 Å². The monoisotopic (exact) mass is 470 g/mol. The number of alkyl halides is 3. The van der Waals surface area contributed by atoms with E-state index < -0.39 is 17.6 Å². The summed E-state index contributed by atoms with van der Waals surface area (Å²) in [6.07, 6.45) is -0.612. The summed E-state index contributed by atoms with van der Waals surface area (Å²) in [6.45, 7) is 6.33. The number of aryl methyl sites for hydroxylation is 1. The summed E-state index contributed by atoms with van der Waals surface area (Å²) in [4.78, 5) is 17.3. The van der Waals surface area contributed by atoms with Crippen molar-refractivity contribution in [2.75, 3.05) is 38.5 Å². The highest BCUT2D eigenvalue weighted by molar-refractivity contribution is 6.04.